The summed E-state index contributed by atoms with van der Waals surface area (Å²) >= 11 is 0. The van der Waals surface area contributed by atoms with Crippen molar-refractivity contribution in [2.24, 2.45) is 4.99 Å². The maximum absolute atomic E-state index is 10.7. The van der Waals surface area contributed by atoms with Gasteiger partial charge in [0, 0.05) is 25.2 Å². The molecule has 0 saturated heterocycles. The number of guanidine groups is 1. The van der Waals surface area contributed by atoms with E-state index < -0.39 is 5.60 Å². The molecule has 0 aromatic carbocycles. The van der Waals surface area contributed by atoms with Crippen LogP contribution in [0.15, 0.2) is 4.99 Å². The lowest BCUT2D eigenvalue weighted by molar-refractivity contribution is 0.0306. The molecule has 0 bridgehead atoms. The third-order valence-corrected chi connectivity index (χ3v) is 4.69. The average molecular weight is 454 g/mol. The third-order valence-electron chi connectivity index (χ3n) is 4.69. The first kappa shape index (κ1) is 23.9. The number of nitrogens with zero attached hydrogens (tertiary/aromatic N) is 2. The highest BCUT2D eigenvalue weighted by molar-refractivity contribution is 14.0. The highest BCUT2D eigenvalue weighted by Crippen LogP contribution is 2.26. The summed E-state index contributed by atoms with van der Waals surface area (Å²) < 4.78 is 0. The Morgan fingerprint density at radius 3 is 2.25 bits per heavy atom. The lowest BCUT2D eigenvalue weighted by atomic mass is 9.93. The Labute approximate surface area is 166 Å². The lowest BCUT2D eigenvalue weighted by Crippen LogP contribution is -2.46. The molecule has 0 amide bonds. The highest BCUT2D eigenvalue weighted by Gasteiger charge is 2.29. The fraction of sp³-hybridized carbons (Fsp3) is 0.944. The maximum Gasteiger partial charge on any atom is 0.191 e. The molecule has 5 nitrogen and oxygen atoms in total. The van der Waals surface area contributed by atoms with E-state index in [2.05, 4.69) is 55.3 Å². The number of hydrogen-bond acceptors (Lipinski definition) is 3. The summed E-state index contributed by atoms with van der Waals surface area (Å²) in [6, 6.07) is 1.25. The summed E-state index contributed by atoms with van der Waals surface area (Å²) in [6.45, 7) is 10.7. The molecule has 24 heavy (non-hydrogen) atoms. The SMILES string of the molecule is CCCC(O)(CCC)CN=C(NCC)NCC(C)N(C)C1CC1.I. The van der Waals surface area contributed by atoms with Crippen molar-refractivity contribution in [3.8, 4) is 0 Å². The second-order valence-corrected chi connectivity index (χ2v) is 7.05. The molecule has 1 unspecified atom stereocenters. The van der Waals surface area contributed by atoms with E-state index >= 15 is 0 Å². The number of halogens is 1. The Kier molecular flexibility index (Phi) is 12.3. The van der Waals surface area contributed by atoms with Crippen LogP contribution >= 0.6 is 24.0 Å². The molecule has 0 radical (unpaired) electrons. The smallest absolute Gasteiger partial charge is 0.191 e. The summed E-state index contributed by atoms with van der Waals surface area (Å²) in [5.74, 6) is 0.814. The van der Waals surface area contributed by atoms with Gasteiger partial charge in [0.15, 0.2) is 5.96 Å². The van der Waals surface area contributed by atoms with Gasteiger partial charge in [0.05, 0.1) is 12.1 Å². The molecular weight excluding hydrogens is 415 g/mol. The zero-order valence-corrected chi connectivity index (χ0v) is 18.6. The van der Waals surface area contributed by atoms with Crippen molar-refractivity contribution in [3.63, 3.8) is 0 Å². The first-order valence-corrected chi connectivity index (χ1v) is 9.42. The van der Waals surface area contributed by atoms with Gasteiger partial charge in [0.2, 0.25) is 0 Å². The fourth-order valence-electron chi connectivity index (χ4n) is 3.01. The Morgan fingerprint density at radius 1 is 1.21 bits per heavy atom. The largest absolute Gasteiger partial charge is 0.388 e. The van der Waals surface area contributed by atoms with Gasteiger partial charge in [0.25, 0.3) is 0 Å². The van der Waals surface area contributed by atoms with Crippen LogP contribution in [-0.4, -0.2) is 60.3 Å². The molecule has 0 aliphatic heterocycles. The van der Waals surface area contributed by atoms with E-state index in [1.165, 1.54) is 12.8 Å². The molecule has 0 spiro atoms. The van der Waals surface area contributed by atoms with E-state index in [1.807, 2.05) is 0 Å². The van der Waals surface area contributed by atoms with Crippen molar-refractivity contribution in [2.45, 2.75) is 83.9 Å². The van der Waals surface area contributed by atoms with E-state index in [9.17, 15) is 5.11 Å². The van der Waals surface area contributed by atoms with Gasteiger partial charge in [-0.15, -0.1) is 24.0 Å². The molecule has 1 rings (SSSR count). The molecular formula is C18H39IN4O. The fourth-order valence-corrected chi connectivity index (χ4v) is 3.01. The maximum atomic E-state index is 10.7. The first-order chi connectivity index (χ1) is 11.0. The van der Waals surface area contributed by atoms with Crippen LogP contribution in [0.5, 0.6) is 0 Å². The van der Waals surface area contributed by atoms with Crippen LogP contribution in [0, 0.1) is 0 Å². The van der Waals surface area contributed by atoms with Gasteiger partial charge in [-0.2, -0.15) is 0 Å². The molecule has 1 aliphatic rings. The molecule has 144 valence electrons. The molecule has 1 fully saturated rings. The predicted octanol–water partition coefficient (Wildman–Crippen LogP) is 2.97. The van der Waals surface area contributed by atoms with Crippen LogP contribution in [0.2, 0.25) is 0 Å². The molecule has 0 aromatic heterocycles. The van der Waals surface area contributed by atoms with Crippen molar-refractivity contribution in [3.05, 3.63) is 0 Å². The summed E-state index contributed by atoms with van der Waals surface area (Å²) in [5.41, 5.74) is -0.664. The van der Waals surface area contributed by atoms with Crippen molar-refractivity contribution < 1.29 is 5.11 Å². The number of aliphatic imine (C=N–C) groups is 1. The summed E-state index contributed by atoms with van der Waals surface area (Å²) in [7, 11) is 2.20. The van der Waals surface area contributed by atoms with Crippen molar-refractivity contribution in [1.29, 1.82) is 0 Å². The van der Waals surface area contributed by atoms with E-state index in [0.717, 1.165) is 50.8 Å². The Bertz CT molecular complexity index is 355. The van der Waals surface area contributed by atoms with Crippen LogP contribution in [0.1, 0.15) is 66.2 Å². The number of aliphatic hydroxyl groups is 1. The molecule has 6 heteroatoms. The van der Waals surface area contributed by atoms with Gasteiger partial charge in [-0.05, 0) is 46.6 Å². The van der Waals surface area contributed by atoms with Gasteiger partial charge < -0.3 is 15.7 Å². The topological polar surface area (TPSA) is 59.9 Å². The number of likely N-dealkylation sites (N-methyl/N-ethyl adjacent to an activating group) is 1. The summed E-state index contributed by atoms with van der Waals surface area (Å²) in [5, 5.41) is 17.4. The van der Waals surface area contributed by atoms with Crippen LogP contribution in [0.4, 0.5) is 0 Å². The normalized spacial score (nSPS) is 16.7. The van der Waals surface area contributed by atoms with Gasteiger partial charge in [-0.25, -0.2) is 0 Å². The number of nitrogens with one attached hydrogen (secondary N) is 2. The van der Waals surface area contributed by atoms with Gasteiger partial charge >= 0.3 is 0 Å². The van der Waals surface area contributed by atoms with Crippen molar-refractivity contribution in [2.75, 3.05) is 26.7 Å². The Morgan fingerprint density at radius 2 is 1.79 bits per heavy atom. The van der Waals surface area contributed by atoms with E-state index in [1.54, 1.807) is 0 Å². The quantitative estimate of drug-likeness (QED) is 0.255. The van der Waals surface area contributed by atoms with Crippen LogP contribution in [0.3, 0.4) is 0 Å². The van der Waals surface area contributed by atoms with Crippen molar-refractivity contribution >= 4 is 29.9 Å². The highest BCUT2D eigenvalue weighted by atomic mass is 127. The zero-order valence-electron chi connectivity index (χ0n) is 16.3. The van der Waals surface area contributed by atoms with Crippen LogP contribution < -0.4 is 10.6 Å². The van der Waals surface area contributed by atoms with Crippen molar-refractivity contribution in [1.82, 2.24) is 15.5 Å². The first-order valence-electron chi connectivity index (χ1n) is 9.42. The second-order valence-electron chi connectivity index (χ2n) is 7.05. The minimum absolute atomic E-state index is 0. The van der Waals surface area contributed by atoms with E-state index in [0.29, 0.717) is 12.6 Å². The van der Waals surface area contributed by atoms with Gasteiger partial charge in [-0.1, -0.05) is 26.7 Å². The molecule has 0 aromatic rings. The molecule has 3 N–H and O–H groups in total. The number of rotatable bonds is 11. The average Bonchev–Trinajstić information content (AvgIpc) is 3.34. The zero-order chi connectivity index (χ0) is 17.3. The lowest BCUT2D eigenvalue weighted by Gasteiger charge is -2.27. The second kappa shape index (κ2) is 12.3. The Hall–Kier alpha value is -0.0800. The predicted molar refractivity (Wildman–Crippen MR) is 114 cm³/mol. The van der Waals surface area contributed by atoms with E-state index in [4.69, 9.17) is 0 Å². The standard InChI is InChI=1S/C18H38N4O.HI/c1-6-11-18(23,12-7-2)14-21-17(19-8-3)20-13-15(4)22(5)16-9-10-16;/h15-16,23H,6-14H2,1-5H3,(H2,19,20,21);1H. The van der Waals surface area contributed by atoms with Gasteiger partial charge in [-0.3, -0.25) is 9.89 Å². The third kappa shape index (κ3) is 8.85. The molecule has 1 atom stereocenters. The molecule has 0 heterocycles. The minimum Gasteiger partial charge on any atom is -0.388 e. The number of hydrogen-bond donors (Lipinski definition) is 3. The molecule has 1 saturated carbocycles. The summed E-state index contributed by atoms with van der Waals surface area (Å²) in [6.07, 6.45) is 6.25. The molecule has 1 aliphatic carbocycles. The van der Waals surface area contributed by atoms with Crippen LogP contribution in [0.25, 0.3) is 0 Å². The van der Waals surface area contributed by atoms with Gasteiger partial charge in [0.1, 0.15) is 0 Å². The Balaban J connectivity index is 0.00000529. The summed E-state index contributed by atoms with van der Waals surface area (Å²) in [4.78, 5) is 7.09. The monoisotopic (exact) mass is 454 g/mol. The van der Waals surface area contributed by atoms with Crippen LogP contribution in [-0.2, 0) is 0 Å². The minimum atomic E-state index is -0.664. The van der Waals surface area contributed by atoms with E-state index in [-0.39, 0.29) is 24.0 Å².